The van der Waals surface area contributed by atoms with Crippen LogP contribution < -0.4 is 4.74 Å². The maximum absolute atomic E-state index is 13.1. The van der Waals surface area contributed by atoms with Gasteiger partial charge >= 0.3 is 0 Å². The van der Waals surface area contributed by atoms with E-state index in [-0.39, 0.29) is 25.2 Å². The summed E-state index contributed by atoms with van der Waals surface area (Å²) in [7, 11) is -3.79. The first-order valence-corrected chi connectivity index (χ1v) is 12.6. The molecule has 1 N–H and O–H groups in total. The molecular formula is C22H30N2O6S. The van der Waals surface area contributed by atoms with E-state index in [0.717, 1.165) is 37.0 Å². The molecule has 9 heteroatoms. The normalized spacial score (nSPS) is 28.7. The highest BCUT2D eigenvalue weighted by Gasteiger charge is 2.35. The summed E-state index contributed by atoms with van der Waals surface area (Å²) >= 11 is 0. The molecule has 2 fully saturated rings. The van der Waals surface area contributed by atoms with E-state index >= 15 is 0 Å². The van der Waals surface area contributed by atoms with Crippen molar-refractivity contribution < 1.29 is 27.8 Å². The maximum Gasteiger partial charge on any atom is 0.261 e. The van der Waals surface area contributed by atoms with Gasteiger partial charge in [0.15, 0.2) is 6.61 Å². The number of amides is 1. The van der Waals surface area contributed by atoms with Gasteiger partial charge in [-0.2, -0.15) is 4.40 Å². The molecule has 1 saturated heterocycles. The second-order valence-corrected chi connectivity index (χ2v) is 10.2. The Morgan fingerprint density at radius 1 is 1.16 bits per heavy atom. The predicted octanol–water partition coefficient (Wildman–Crippen LogP) is 1.88. The fourth-order valence-electron chi connectivity index (χ4n) is 4.80. The maximum atomic E-state index is 13.1. The van der Waals surface area contributed by atoms with E-state index in [2.05, 4.69) is 10.5 Å². The quantitative estimate of drug-likeness (QED) is 0.754. The number of sulfonamides is 1. The Hall–Kier alpha value is -1.97. The molecule has 2 bridgehead atoms. The first-order chi connectivity index (χ1) is 15.0. The number of para-hydroxylation sites is 1. The highest BCUT2D eigenvalue weighted by Crippen LogP contribution is 2.38. The lowest BCUT2D eigenvalue weighted by Crippen LogP contribution is -2.53. The van der Waals surface area contributed by atoms with Crippen molar-refractivity contribution in [2.45, 2.75) is 56.6 Å². The zero-order chi connectivity index (χ0) is 21.8. The summed E-state index contributed by atoms with van der Waals surface area (Å²) in [5, 5.41) is 9.04. The van der Waals surface area contributed by atoms with Crippen LogP contribution in [0.15, 0.2) is 28.7 Å². The lowest BCUT2D eigenvalue weighted by Gasteiger charge is -2.37. The Bertz CT molecular complexity index is 924. The average Bonchev–Trinajstić information content (AvgIpc) is 2.77. The summed E-state index contributed by atoms with van der Waals surface area (Å²) in [6.07, 6.45) is 4.98. The molecule has 0 spiro atoms. The number of hydrogen-bond acceptors (Lipinski definition) is 6. The van der Waals surface area contributed by atoms with Crippen molar-refractivity contribution in [3.63, 3.8) is 0 Å². The number of aliphatic hydroxyl groups excluding tert-OH is 1. The van der Waals surface area contributed by atoms with Gasteiger partial charge in [0.05, 0.1) is 36.8 Å². The molecule has 3 aliphatic heterocycles. The number of nitrogens with zero attached hydrogens (tertiary/aromatic N) is 2. The van der Waals surface area contributed by atoms with Crippen LogP contribution in [0.25, 0.3) is 0 Å². The molecule has 1 aromatic carbocycles. The van der Waals surface area contributed by atoms with Crippen molar-refractivity contribution in [1.82, 2.24) is 4.90 Å². The Labute approximate surface area is 183 Å². The third kappa shape index (κ3) is 5.27. The zero-order valence-electron chi connectivity index (χ0n) is 17.6. The predicted molar refractivity (Wildman–Crippen MR) is 116 cm³/mol. The molecule has 170 valence electrons. The van der Waals surface area contributed by atoms with Crippen LogP contribution in [0.2, 0.25) is 0 Å². The molecule has 1 aromatic rings. The number of fused-ring (bicyclic) bond motifs is 5. The molecule has 5 rings (SSSR count). The van der Waals surface area contributed by atoms with Crippen molar-refractivity contribution in [1.29, 1.82) is 0 Å². The fourth-order valence-corrected chi connectivity index (χ4v) is 5.70. The monoisotopic (exact) mass is 450 g/mol. The van der Waals surface area contributed by atoms with Crippen LogP contribution in [-0.4, -0.2) is 74.3 Å². The number of piperidine rings is 1. The minimum Gasteiger partial charge on any atom is -0.483 e. The van der Waals surface area contributed by atoms with E-state index < -0.39 is 28.4 Å². The topological polar surface area (TPSA) is 106 Å². The molecular weight excluding hydrogens is 420 g/mol. The second-order valence-electron chi connectivity index (χ2n) is 8.43. The summed E-state index contributed by atoms with van der Waals surface area (Å²) < 4.78 is 40.6. The van der Waals surface area contributed by atoms with Gasteiger partial charge in [-0.25, -0.2) is 8.42 Å². The van der Waals surface area contributed by atoms with E-state index in [9.17, 15) is 13.2 Å². The van der Waals surface area contributed by atoms with Gasteiger partial charge in [0.25, 0.3) is 15.9 Å². The van der Waals surface area contributed by atoms with Crippen molar-refractivity contribution in [2.75, 3.05) is 32.1 Å². The van der Waals surface area contributed by atoms with E-state index in [0.29, 0.717) is 31.0 Å². The molecule has 1 unspecified atom stereocenters. The summed E-state index contributed by atoms with van der Waals surface area (Å²) in [4.78, 5) is 14.7. The van der Waals surface area contributed by atoms with E-state index in [1.54, 1.807) is 4.90 Å². The van der Waals surface area contributed by atoms with Gasteiger partial charge in [0.2, 0.25) is 0 Å². The standard InChI is InChI=1S/C22H30N2O6S/c25-12-13-31(27,28)23-19-5-3-11-24-20(19)14-29-17-9-7-16(8-10-17)18-4-1-2-6-21(18)30-15-22(24)26/h1-2,4,6,16-17,20,25H,3,5,7-15H2/b23-19+. The molecule has 0 radical (unpaired) electrons. The molecule has 1 amide bonds. The third-order valence-corrected chi connectivity index (χ3v) is 7.60. The van der Waals surface area contributed by atoms with Crippen LogP contribution in [0.3, 0.4) is 0 Å². The van der Waals surface area contributed by atoms with Gasteiger partial charge in [-0.05, 0) is 56.1 Å². The smallest absolute Gasteiger partial charge is 0.261 e. The van der Waals surface area contributed by atoms with Crippen molar-refractivity contribution in [3.8, 4) is 5.75 Å². The highest BCUT2D eigenvalue weighted by atomic mass is 32.2. The van der Waals surface area contributed by atoms with Crippen LogP contribution in [0, 0.1) is 0 Å². The lowest BCUT2D eigenvalue weighted by atomic mass is 9.82. The van der Waals surface area contributed by atoms with Gasteiger partial charge in [0.1, 0.15) is 5.75 Å². The Balaban J connectivity index is 1.64. The van der Waals surface area contributed by atoms with Crippen LogP contribution in [0.1, 0.15) is 50.0 Å². The number of aliphatic hydroxyl groups is 1. The van der Waals surface area contributed by atoms with Crippen LogP contribution in [0.4, 0.5) is 0 Å². The number of hydrogen-bond donors (Lipinski definition) is 1. The third-order valence-electron chi connectivity index (χ3n) is 6.39. The lowest BCUT2D eigenvalue weighted by molar-refractivity contribution is -0.136. The SMILES string of the molecule is O=C1COc2ccccc2C2CCC(CC2)OCC2/C(=N/S(=O)(=O)CCO)CCCN12. The first-order valence-electron chi connectivity index (χ1n) is 11.0. The number of carbonyl (C=O) groups is 1. The summed E-state index contributed by atoms with van der Waals surface area (Å²) in [6.45, 7) is 0.130. The largest absolute Gasteiger partial charge is 0.483 e. The van der Waals surface area contributed by atoms with Gasteiger partial charge < -0.3 is 19.5 Å². The molecule has 3 heterocycles. The fraction of sp³-hybridized carbons (Fsp3) is 0.636. The number of rotatable bonds is 3. The van der Waals surface area contributed by atoms with Crippen LogP contribution in [0.5, 0.6) is 5.75 Å². The summed E-state index contributed by atoms with van der Waals surface area (Å²) in [5.74, 6) is 0.492. The van der Waals surface area contributed by atoms with E-state index in [1.807, 2.05) is 18.2 Å². The van der Waals surface area contributed by atoms with Gasteiger partial charge in [-0.15, -0.1) is 0 Å². The molecule has 1 aliphatic carbocycles. The van der Waals surface area contributed by atoms with Crippen LogP contribution >= 0.6 is 0 Å². The van der Waals surface area contributed by atoms with Crippen molar-refractivity contribution >= 4 is 21.6 Å². The Kier molecular flexibility index (Phi) is 6.93. The number of benzene rings is 1. The van der Waals surface area contributed by atoms with E-state index in [1.165, 1.54) is 0 Å². The van der Waals surface area contributed by atoms with E-state index in [4.69, 9.17) is 14.6 Å². The van der Waals surface area contributed by atoms with Gasteiger partial charge in [-0.1, -0.05) is 18.2 Å². The molecule has 1 saturated carbocycles. The molecule has 31 heavy (non-hydrogen) atoms. The van der Waals surface area contributed by atoms with Crippen molar-refractivity contribution in [2.24, 2.45) is 4.40 Å². The van der Waals surface area contributed by atoms with Crippen LogP contribution in [-0.2, 0) is 19.6 Å². The van der Waals surface area contributed by atoms with Gasteiger partial charge in [0, 0.05) is 6.54 Å². The second kappa shape index (κ2) is 9.67. The van der Waals surface area contributed by atoms with Gasteiger partial charge in [-0.3, -0.25) is 4.79 Å². The first kappa shape index (κ1) is 22.2. The summed E-state index contributed by atoms with van der Waals surface area (Å²) in [6, 6.07) is 7.36. The number of ether oxygens (including phenoxy) is 2. The van der Waals surface area contributed by atoms with Crippen molar-refractivity contribution in [3.05, 3.63) is 29.8 Å². The zero-order valence-corrected chi connectivity index (χ0v) is 18.4. The average molecular weight is 451 g/mol. The highest BCUT2D eigenvalue weighted by molar-refractivity contribution is 7.90. The molecule has 8 nitrogen and oxygen atoms in total. The molecule has 4 aliphatic rings. The minimum absolute atomic E-state index is 0.0826. The Morgan fingerprint density at radius 2 is 1.94 bits per heavy atom. The molecule has 1 atom stereocenters. The minimum atomic E-state index is -3.79. The number of carbonyl (C=O) groups excluding carboxylic acids is 1. The molecule has 0 aromatic heterocycles. The summed E-state index contributed by atoms with van der Waals surface area (Å²) in [5.41, 5.74) is 1.57. The Morgan fingerprint density at radius 3 is 2.71 bits per heavy atom.